The number of sulfonamides is 1. The third-order valence-corrected chi connectivity index (χ3v) is 6.61. The van der Waals surface area contributed by atoms with E-state index in [-0.39, 0.29) is 23.9 Å². The maximum absolute atomic E-state index is 13.6. The zero-order valence-electron chi connectivity index (χ0n) is 20.8. The van der Waals surface area contributed by atoms with E-state index in [0.29, 0.717) is 24.3 Å². The number of hydrogen-bond acceptors (Lipinski definition) is 6. The average Bonchev–Trinajstić information content (AvgIpc) is 2.82. The molecule has 2 aromatic rings. The molecule has 0 aliphatic carbocycles. The van der Waals surface area contributed by atoms with Crippen molar-refractivity contribution in [3.05, 3.63) is 59.7 Å². The monoisotopic (exact) mass is 503 g/mol. The van der Waals surface area contributed by atoms with Gasteiger partial charge < -0.3 is 15.0 Å². The Balaban J connectivity index is 2.45. The second kappa shape index (κ2) is 12.3. The van der Waals surface area contributed by atoms with Crippen molar-refractivity contribution in [2.75, 3.05) is 30.8 Å². The molecule has 0 aliphatic heterocycles. The van der Waals surface area contributed by atoms with Gasteiger partial charge in [0.2, 0.25) is 21.8 Å². The van der Waals surface area contributed by atoms with Crippen molar-refractivity contribution in [3.8, 4) is 5.75 Å². The van der Waals surface area contributed by atoms with Crippen molar-refractivity contribution >= 4 is 33.3 Å². The second-order valence-corrected chi connectivity index (χ2v) is 9.97. The van der Waals surface area contributed by atoms with Gasteiger partial charge in [0.05, 0.1) is 19.1 Å². The molecule has 2 amide bonds. The fourth-order valence-electron chi connectivity index (χ4n) is 3.63. The van der Waals surface area contributed by atoms with Gasteiger partial charge in [0.1, 0.15) is 18.3 Å². The number of nitrogens with zero attached hydrogens (tertiary/aromatic N) is 2. The van der Waals surface area contributed by atoms with Crippen LogP contribution in [0.5, 0.6) is 5.75 Å². The Bertz CT molecular complexity index is 1150. The van der Waals surface area contributed by atoms with Gasteiger partial charge in [0, 0.05) is 18.7 Å². The first-order valence-corrected chi connectivity index (χ1v) is 13.1. The van der Waals surface area contributed by atoms with Crippen LogP contribution in [0.25, 0.3) is 0 Å². The number of amides is 2. The van der Waals surface area contributed by atoms with E-state index in [9.17, 15) is 22.8 Å². The zero-order chi connectivity index (χ0) is 26.2. The van der Waals surface area contributed by atoms with Gasteiger partial charge in [-0.1, -0.05) is 31.2 Å². The smallest absolute Gasteiger partial charge is 0.244 e. The predicted molar refractivity (Wildman–Crippen MR) is 135 cm³/mol. The number of Topliss-reactive ketones (excluding diaryl/α,β-unsaturated/α-hetero) is 1. The molecule has 0 saturated heterocycles. The lowest BCUT2D eigenvalue weighted by Gasteiger charge is -2.32. The second-order valence-electron chi connectivity index (χ2n) is 8.06. The molecule has 0 saturated carbocycles. The number of carbonyl (C=O) groups is 3. The number of ether oxygens (including phenoxy) is 1. The highest BCUT2D eigenvalue weighted by Gasteiger charge is 2.31. The largest absolute Gasteiger partial charge is 0.497 e. The number of benzene rings is 2. The van der Waals surface area contributed by atoms with Crippen LogP contribution in [0.2, 0.25) is 0 Å². The van der Waals surface area contributed by atoms with Crippen LogP contribution in [0.4, 0.5) is 5.69 Å². The molecule has 2 aromatic carbocycles. The summed E-state index contributed by atoms with van der Waals surface area (Å²) in [6.07, 6.45) is 1.34. The van der Waals surface area contributed by atoms with Gasteiger partial charge in [0.15, 0.2) is 5.78 Å². The Hall–Kier alpha value is -3.40. The summed E-state index contributed by atoms with van der Waals surface area (Å²) in [5, 5.41) is 2.75. The molecule has 0 heterocycles. The van der Waals surface area contributed by atoms with E-state index in [1.54, 1.807) is 57.4 Å². The van der Waals surface area contributed by atoms with Gasteiger partial charge in [-0.05, 0) is 50.1 Å². The highest BCUT2D eigenvalue weighted by atomic mass is 32.2. The normalized spacial score (nSPS) is 11.9. The number of rotatable bonds is 12. The van der Waals surface area contributed by atoms with Gasteiger partial charge >= 0.3 is 0 Å². The van der Waals surface area contributed by atoms with Crippen molar-refractivity contribution in [1.82, 2.24) is 10.2 Å². The summed E-state index contributed by atoms with van der Waals surface area (Å²) in [5.74, 6) is -0.440. The average molecular weight is 504 g/mol. The Morgan fingerprint density at radius 1 is 1.06 bits per heavy atom. The molecule has 0 unspecified atom stereocenters. The van der Waals surface area contributed by atoms with E-state index in [4.69, 9.17) is 4.74 Å². The first-order valence-electron chi connectivity index (χ1n) is 11.3. The van der Waals surface area contributed by atoms with E-state index in [1.165, 1.54) is 24.0 Å². The number of anilines is 1. The highest BCUT2D eigenvalue weighted by Crippen LogP contribution is 2.22. The molecule has 2 rings (SSSR count). The quantitative estimate of drug-likeness (QED) is 0.446. The van der Waals surface area contributed by atoms with Crippen molar-refractivity contribution in [2.45, 2.75) is 39.8 Å². The molecule has 0 spiro atoms. The predicted octanol–water partition coefficient (Wildman–Crippen LogP) is 2.61. The summed E-state index contributed by atoms with van der Waals surface area (Å²) in [7, 11) is -2.33. The fourth-order valence-corrected chi connectivity index (χ4v) is 4.47. The third kappa shape index (κ3) is 7.54. The van der Waals surface area contributed by atoms with Crippen LogP contribution < -0.4 is 14.4 Å². The van der Waals surface area contributed by atoms with Crippen molar-refractivity contribution in [3.63, 3.8) is 0 Å². The molecule has 10 heteroatoms. The number of nitrogens with one attached hydrogen (secondary N) is 1. The van der Waals surface area contributed by atoms with Crippen LogP contribution in [-0.4, -0.2) is 63.4 Å². The maximum atomic E-state index is 13.6. The van der Waals surface area contributed by atoms with E-state index < -0.39 is 28.5 Å². The van der Waals surface area contributed by atoms with Crippen LogP contribution in [0.1, 0.15) is 43.1 Å². The minimum absolute atomic E-state index is 0.101. The van der Waals surface area contributed by atoms with Crippen LogP contribution in [-0.2, 0) is 26.2 Å². The molecule has 1 N–H and O–H groups in total. The van der Waals surface area contributed by atoms with Crippen LogP contribution >= 0.6 is 0 Å². The topological polar surface area (TPSA) is 113 Å². The minimum atomic E-state index is -3.88. The maximum Gasteiger partial charge on any atom is 0.244 e. The molecule has 1 atom stereocenters. The fraction of sp³-hybridized carbons (Fsp3) is 0.400. The molecule has 9 nitrogen and oxygen atoms in total. The molecule has 0 bridgehead atoms. The van der Waals surface area contributed by atoms with Crippen molar-refractivity contribution in [1.29, 1.82) is 0 Å². The number of ketones is 1. The summed E-state index contributed by atoms with van der Waals surface area (Å²) in [5.41, 5.74) is 1.28. The number of carbonyl (C=O) groups excluding carboxylic acids is 3. The third-order valence-electron chi connectivity index (χ3n) is 5.47. The summed E-state index contributed by atoms with van der Waals surface area (Å²) < 4.78 is 31.4. The van der Waals surface area contributed by atoms with Crippen LogP contribution in [0.15, 0.2) is 48.5 Å². The van der Waals surface area contributed by atoms with E-state index in [1.807, 2.05) is 0 Å². The Morgan fingerprint density at radius 2 is 1.71 bits per heavy atom. The van der Waals surface area contributed by atoms with Gasteiger partial charge in [-0.3, -0.25) is 18.7 Å². The Labute approximate surface area is 207 Å². The zero-order valence-corrected chi connectivity index (χ0v) is 21.6. The molecular formula is C25H33N3O6S. The molecular weight excluding hydrogens is 470 g/mol. The number of hydrogen-bond donors (Lipinski definition) is 1. The van der Waals surface area contributed by atoms with Crippen molar-refractivity contribution < 1.29 is 27.5 Å². The highest BCUT2D eigenvalue weighted by molar-refractivity contribution is 7.92. The lowest BCUT2D eigenvalue weighted by Crippen LogP contribution is -2.52. The number of methoxy groups -OCH3 is 1. The standard InChI is InChI=1S/C25H33N3O6S/c1-6-23(25(31)26-7-2)27(16-19-11-13-22(34-4)14-12-19)24(30)17-28(35(5,32)33)21-10-8-9-20(15-21)18(3)29/h8-15,23H,6-7,16-17H2,1-5H3,(H,26,31)/t23-/m0/s1. The van der Waals surface area contributed by atoms with E-state index >= 15 is 0 Å². The molecule has 0 fully saturated rings. The van der Waals surface area contributed by atoms with Gasteiger partial charge in [-0.2, -0.15) is 0 Å². The van der Waals surface area contributed by atoms with Crippen LogP contribution in [0.3, 0.4) is 0 Å². The lowest BCUT2D eigenvalue weighted by atomic mass is 10.1. The summed E-state index contributed by atoms with van der Waals surface area (Å²) in [4.78, 5) is 39.6. The van der Waals surface area contributed by atoms with Gasteiger partial charge in [0.25, 0.3) is 0 Å². The molecule has 190 valence electrons. The number of likely N-dealkylation sites (N-methyl/N-ethyl adjacent to an activating group) is 1. The van der Waals surface area contributed by atoms with Crippen LogP contribution in [0, 0.1) is 0 Å². The van der Waals surface area contributed by atoms with Gasteiger partial charge in [-0.25, -0.2) is 8.42 Å². The first-order chi connectivity index (χ1) is 16.5. The molecule has 0 aromatic heterocycles. The summed E-state index contributed by atoms with van der Waals surface area (Å²) >= 11 is 0. The lowest BCUT2D eigenvalue weighted by molar-refractivity contribution is -0.140. The minimum Gasteiger partial charge on any atom is -0.497 e. The molecule has 35 heavy (non-hydrogen) atoms. The molecule has 0 aliphatic rings. The summed E-state index contributed by atoms with van der Waals surface area (Å²) in [6.45, 7) is 4.93. The first kappa shape index (κ1) is 27.8. The van der Waals surface area contributed by atoms with Gasteiger partial charge in [-0.15, -0.1) is 0 Å². The summed E-state index contributed by atoms with van der Waals surface area (Å²) in [6, 6.07) is 12.4. The molecule has 0 radical (unpaired) electrons. The van der Waals surface area contributed by atoms with Crippen molar-refractivity contribution in [2.24, 2.45) is 0 Å². The van der Waals surface area contributed by atoms with E-state index in [2.05, 4.69) is 5.32 Å². The SMILES string of the molecule is CCNC(=O)[C@H](CC)N(Cc1ccc(OC)cc1)C(=O)CN(c1cccc(C(C)=O)c1)S(C)(=O)=O. The Kier molecular flexibility index (Phi) is 9.82. The Morgan fingerprint density at radius 3 is 2.23 bits per heavy atom. The van der Waals surface area contributed by atoms with E-state index in [0.717, 1.165) is 16.1 Å².